The van der Waals surface area contributed by atoms with Gasteiger partial charge in [-0.2, -0.15) is 0 Å². The lowest BCUT2D eigenvalue weighted by atomic mass is 9.98. The Morgan fingerprint density at radius 1 is 1.43 bits per heavy atom. The first-order valence-electron chi connectivity index (χ1n) is 9.08. The minimum atomic E-state index is 0.671. The fourth-order valence-electron chi connectivity index (χ4n) is 3.90. The van der Waals surface area contributed by atoms with Gasteiger partial charge in [-0.15, -0.1) is 0 Å². The van der Waals surface area contributed by atoms with E-state index in [0.29, 0.717) is 12.0 Å². The van der Waals surface area contributed by atoms with Crippen molar-refractivity contribution in [2.24, 2.45) is 11.8 Å². The van der Waals surface area contributed by atoms with Gasteiger partial charge in [-0.05, 0) is 37.3 Å². The second-order valence-electron chi connectivity index (χ2n) is 7.03. The van der Waals surface area contributed by atoms with Crippen molar-refractivity contribution in [2.45, 2.75) is 45.6 Å². The molecule has 2 atom stereocenters. The molecule has 2 saturated heterocycles. The Balaban J connectivity index is 1.60. The molecule has 3 rings (SSSR count). The molecule has 1 aromatic rings. The molecule has 23 heavy (non-hydrogen) atoms. The Bertz CT molecular complexity index is 526. The Kier molecular flexibility index (Phi) is 5.21. The van der Waals surface area contributed by atoms with Gasteiger partial charge in [0, 0.05) is 42.8 Å². The van der Waals surface area contributed by atoms with E-state index in [1.165, 1.54) is 31.5 Å². The first kappa shape index (κ1) is 16.3. The van der Waals surface area contributed by atoms with Gasteiger partial charge in [-0.3, -0.25) is 0 Å². The van der Waals surface area contributed by atoms with Gasteiger partial charge < -0.3 is 15.5 Å². The van der Waals surface area contributed by atoms with E-state index in [2.05, 4.69) is 53.1 Å². The number of aromatic nitrogens is 1. The quantitative estimate of drug-likeness (QED) is 0.806. The first-order chi connectivity index (χ1) is 11.2. The Labute approximate surface area is 140 Å². The zero-order valence-corrected chi connectivity index (χ0v) is 14.5. The highest BCUT2D eigenvalue weighted by Crippen LogP contribution is 2.30. The van der Waals surface area contributed by atoms with Crippen LogP contribution >= 0.6 is 0 Å². The van der Waals surface area contributed by atoms with Gasteiger partial charge in [0.05, 0.1) is 0 Å². The maximum atomic E-state index is 4.47. The normalized spacial score (nSPS) is 23.3. The zero-order chi connectivity index (χ0) is 16.2. The molecule has 2 aliphatic rings. The lowest BCUT2D eigenvalue weighted by Crippen LogP contribution is -2.30. The van der Waals surface area contributed by atoms with Gasteiger partial charge in [0.1, 0.15) is 5.82 Å². The maximum absolute atomic E-state index is 4.47. The molecule has 0 unspecified atom stereocenters. The molecular formula is C19H30N4. The number of hydrogen-bond acceptors (Lipinski definition) is 4. The maximum Gasteiger partial charge on any atom is 0.132 e. The van der Waals surface area contributed by atoms with E-state index >= 15 is 0 Å². The Morgan fingerprint density at radius 2 is 2.26 bits per heavy atom. The van der Waals surface area contributed by atoms with Crippen molar-refractivity contribution in [2.75, 3.05) is 29.9 Å². The molecule has 0 radical (unpaired) electrons. The minimum absolute atomic E-state index is 0.671. The van der Waals surface area contributed by atoms with Crippen molar-refractivity contribution in [3.05, 3.63) is 30.6 Å². The summed E-state index contributed by atoms with van der Waals surface area (Å²) in [5.41, 5.74) is 2.34. The summed E-state index contributed by atoms with van der Waals surface area (Å²) in [6.07, 6.45) is 6.65. The van der Waals surface area contributed by atoms with Crippen molar-refractivity contribution < 1.29 is 0 Å². The second kappa shape index (κ2) is 7.35. The van der Waals surface area contributed by atoms with Crippen LogP contribution in [0.3, 0.4) is 0 Å². The average Bonchev–Trinajstić information content (AvgIpc) is 3.14. The molecule has 2 aliphatic heterocycles. The molecule has 0 saturated carbocycles. The molecule has 0 amide bonds. The van der Waals surface area contributed by atoms with Gasteiger partial charge in [0.25, 0.3) is 0 Å². The van der Waals surface area contributed by atoms with Gasteiger partial charge >= 0.3 is 0 Å². The van der Waals surface area contributed by atoms with E-state index in [1.54, 1.807) is 0 Å². The first-order valence-corrected chi connectivity index (χ1v) is 9.08. The number of anilines is 2. The van der Waals surface area contributed by atoms with E-state index in [4.69, 9.17) is 0 Å². The average molecular weight is 314 g/mol. The molecule has 126 valence electrons. The summed E-state index contributed by atoms with van der Waals surface area (Å²) in [5, 5.41) is 7.02. The number of hydrogen-bond donors (Lipinski definition) is 2. The van der Waals surface area contributed by atoms with Crippen LogP contribution in [-0.2, 0) is 0 Å². The van der Waals surface area contributed by atoms with Crippen molar-refractivity contribution in [3.8, 4) is 0 Å². The molecule has 4 heteroatoms. The topological polar surface area (TPSA) is 40.2 Å². The van der Waals surface area contributed by atoms with E-state index < -0.39 is 0 Å². The van der Waals surface area contributed by atoms with Gasteiger partial charge in [-0.25, -0.2) is 4.98 Å². The summed E-state index contributed by atoms with van der Waals surface area (Å²) < 4.78 is 0. The number of rotatable bonds is 7. The fraction of sp³-hybridized carbons (Fsp3) is 0.632. The van der Waals surface area contributed by atoms with E-state index in [0.717, 1.165) is 36.9 Å². The highest BCUT2D eigenvalue weighted by molar-refractivity contribution is 5.56. The van der Waals surface area contributed by atoms with Crippen molar-refractivity contribution in [1.29, 1.82) is 0 Å². The van der Waals surface area contributed by atoms with Gasteiger partial charge in [-0.1, -0.05) is 33.3 Å². The van der Waals surface area contributed by atoms with Crippen LogP contribution in [0.15, 0.2) is 30.6 Å². The molecule has 2 fully saturated rings. The number of allylic oxidation sites excluding steroid dienone is 1. The molecule has 0 bridgehead atoms. The minimum Gasteiger partial charge on any atom is -0.369 e. The number of nitrogens with one attached hydrogen (secondary N) is 2. The third-order valence-corrected chi connectivity index (χ3v) is 5.47. The summed E-state index contributed by atoms with van der Waals surface area (Å²) in [6.45, 7) is 12.1. The van der Waals surface area contributed by atoms with Crippen LogP contribution in [0.25, 0.3) is 0 Å². The third kappa shape index (κ3) is 3.86. The SMILES string of the molecule is C=C(CC(CC)CC)Nc1cc(N2C[C@H]3CCN[C@H]3C2)ccn1. The third-order valence-electron chi connectivity index (χ3n) is 5.47. The summed E-state index contributed by atoms with van der Waals surface area (Å²) in [4.78, 5) is 6.95. The predicted octanol–water partition coefficient (Wildman–Crippen LogP) is 3.63. The molecule has 0 spiro atoms. The standard InChI is InChI=1S/C19H30N4/c1-4-15(5-2)10-14(3)22-19-11-17(7-9-21-19)23-12-16-6-8-20-18(16)13-23/h7,9,11,15-16,18,20H,3-6,8,10,12-13H2,1-2H3,(H,21,22)/t16-,18+/m1/s1. The van der Waals surface area contributed by atoms with E-state index in [9.17, 15) is 0 Å². The van der Waals surface area contributed by atoms with Crippen molar-refractivity contribution >= 4 is 11.5 Å². The largest absolute Gasteiger partial charge is 0.369 e. The summed E-state index contributed by atoms with van der Waals surface area (Å²) in [5.74, 6) is 2.44. The number of pyridine rings is 1. The van der Waals surface area contributed by atoms with Gasteiger partial charge in [0.15, 0.2) is 0 Å². The molecule has 3 heterocycles. The van der Waals surface area contributed by atoms with Crippen LogP contribution in [0.5, 0.6) is 0 Å². The van der Waals surface area contributed by atoms with E-state index in [1.807, 2.05) is 6.20 Å². The van der Waals surface area contributed by atoms with Crippen LogP contribution in [0.1, 0.15) is 39.5 Å². The zero-order valence-electron chi connectivity index (χ0n) is 14.5. The van der Waals surface area contributed by atoms with Crippen LogP contribution in [0.2, 0.25) is 0 Å². The van der Waals surface area contributed by atoms with Crippen LogP contribution < -0.4 is 15.5 Å². The smallest absolute Gasteiger partial charge is 0.132 e. The molecule has 0 aliphatic carbocycles. The molecule has 1 aromatic heterocycles. The van der Waals surface area contributed by atoms with Crippen LogP contribution in [0.4, 0.5) is 11.5 Å². The predicted molar refractivity (Wildman–Crippen MR) is 97.8 cm³/mol. The Hall–Kier alpha value is -1.55. The molecular weight excluding hydrogens is 284 g/mol. The monoisotopic (exact) mass is 314 g/mol. The molecule has 4 nitrogen and oxygen atoms in total. The molecule has 2 N–H and O–H groups in total. The van der Waals surface area contributed by atoms with Crippen molar-refractivity contribution in [1.82, 2.24) is 10.3 Å². The highest BCUT2D eigenvalue weighted by atomic mass is 15.2. The molecule has 0 aromatic carbocycles. The lowest BCUT2D eigenvalue weighted by molar-refractivity contribution is 0.490. The number of fused-ring (bicyclic) bond motifs is 1. The lowest BCUT2D eigenvalue weighted by Gasteiger charge is -2.21. The summed E-state index contributed by atoms with van der Waals surface area (Å²) >= 11 is 0. The van der Waals surface area contributed by atoms with Gasteiger partial charge in [0.2, 0.25) is 0 Å². The van der Waals surface area contributed by atoms with Crippen LogP contribution in [0, 0.1) is 11.8 Å². The second-order valence-corrected chi connectivity index (χ2v) is 7.03. The van der Waals surface area contributed by atoms with Crippen molar-refractivity contribution in [3.63, 3.8) is 0 Å². The van der Waals surface area contributed by atoms with E-state index in [-0.39, 0.29) is 0 Å². The highest BCUT2D eigenvalue weighted by Gasteiger charge is 2.35. The fourth-order valence-corrected chi connectivity index (χ4v) is 3.90. The Morgan fingerprint density at radius 3 is 3.00 bits per heavy atom. The summed E-state index contributed by atoms with van der Waals surface area (Å²) in [6, 6.07) is 4.96. The number of nitrogens with zero attached hydrogens (tertiary/aromatic N) is 2. The summed E-state index contributed by atoms with van der Waals surface area (Å²) in [7, 11) is 0. The van der Waals surface area contributed by atoms with Crippen LogP contribution in [-0.4, -0.2) is 30.7 Å².